The van der Waals surface area contributed by atoms with Gasteiger partial charge >= 0.3 is 0 Å². The van der Waals surface area contributed by atoms with Gasteiger partial charge in [-0.15, -0.1) is 0 Å². The lowest BCUT2D eigenvalue weighted by Gasteiger charge is -2.50. The van der Waals surface area contributed by atoms with Crippen LogP contribution in [-0.4, -0.2) is 122 Å². The van der Waals surface area contributed by atoms with E-state index in [0.717, 1.165) is 43.9 Å². The van der Waals surface area contributed by atoms with Crippen molar-refractivity contribution in [1.29, 1.82) is 0 Å². The lowest BCUT2D eigenvalue weighted by molar-refractivity contribution is -0.136. The van der Waals surface area contributed by atoms with Crippen LogP contribution in [0.5, 0.6) is 0 Å². The molecule has 5 aliphatic rings. The summed E-state index contributed by atoms with van der Waals surface area (Å²) in [6, 6.07) is 11.4. The number of fused-ring (bicyclic) bond motifs is 1. The quantitative estimate of drug-likeness (QED) is 0.335. The van der Waals surface area contributed by atoms with E-state index >= 15 is 0 Å². The van der Waals surface area contributed by atoms with E-state index in [1.807, 2.05) is 6.07 Å². The number of imide groups is 2. The van der Waals surface area contributed by atoms with Crippen molar-refractivity contribution in [3.8, 4) is 0 Å². The number of sulfonamides is 1. The van der Waals surface area contributed by atoms with Crippen LogP contribution in [-0.2, 0) is 19.6 Å². The number of benzene rings is 2. The molecule has 3 N–H and O–H groups in total. The Morgan fingerprint density at radius 1 is 0.756 bits per heavy atom. The fourth-order valence-electron chi connectivity index (χ4n) is 7.36. The molecule has 2 aromatic rings. The molecule has 7 rings (SSSR count). The Balaban J connectivity index is 0.919. The van der Waals surface area contributed by atoms with Crippen LogP contribution in [0.2, 0.25) is 0 Å². The lowest BCUT2D eigenvalue weighted by atomic mass is 9.96. The second kappa shape index (κ2) is 11.5. The highest BCUT2D eigenvalue weighted by Gasteiger charge is 2.47. The van der Waals surface area contributed by atoms with Crippen LogP contribution in [0, 0.1) is 0 Å². The van der Waals surface area contributed by atoms with Crippen molar-refractivity contribution in [3.05, 3.63) is 53.6 Å². The first-order valence-corrected chi connectivity index (χ1v) is 17.0. The number of piperazine rings is 1. The number of rotatable bonds is 6. The van der Waals surface area contributed by atoms with E-state index in [0.29, 0.717) is 60.8 Å². The molecular formula is C31H37N7O6S. The molecule has 0 bridgehead atoms. The number of nitrogens with one attached hydrogen (secondary N) is 1. The summed E-state index contributed by atoms with van der Waals surface area (Å²) in [6.45, 7) is 5.71. The molecule has 5 heterocycles. The number of carbonyl (C=O) groups excluding carboxylic acids is 4. The van der Waals surface area contributed by atoms with Crippen LogP contribution in [0.15, 0.2) is 47.4 Å². The van der Waals surface area contributed by atoms with Crippen LogP contribution >= 0.6 is 0 Å². The van der Waals surface area contributed by atoms with E-state index in [1.165, 1.54) is 0 Å². The molecule has 0 spiro atoms. The van der Waals surface area contributed by atoms with Gasteiger partial charge in [0.15, 0.2) is 0 Å². The minimum atomic E-state index is -3.53. The Hall–Kier alpha value is -3.85. The molecule has 4 saturated heterocycles. The van der Waals surface area contributed by atoms with Gasteiger partial charge in [-0.25, -0.2) is 8.42 Å². The molecule has 4 amide bonds. The van der Waals surface area contributed by atoms with Gasteiger partial charge in [0.05, 0.1) is 21.7 Å². The standard InChI is InChI=1S/C31H37N7O6S/c32-20-4-6-23(7-5-20)45(43,44)37-16-14-35(15-17-37)21-10-12-34(13-11-21)22-18-36(19-22)25-3-1-2-24-28(25)31(42)38(30(24)41)26-8-9-27(39)33-29(26)40/h1-7,21-22,26H,8-19,32H2,(H,33,39,40). The zero-order valence-corrected chi connectivity index (χ0v) is 25.7. The number of carbonyl (C=O) groups is 4. The van der Waals surface area contributed by atoms with Crippen molar-refractivity contribution in [1.82, 2.24) is 24.3 Å². The van der Waals surface area contributed by atoms with E-state index in [9.17, 15) is 27.6 Å². The first-order chi connectivity index (χ1) is 21.6. The number of piperidine rings is 2. The summed E-state index contributed by atoms with van der Waals surface area (Å²) in [5, 5.41) is 2.24. The Kier molecular flexibility index (Phi) is 7.63. The van der Waals surface area contributed by atoms with Crippen LogP contribution in [0.25, 0.3) is 0 Å². The molecule has 238 valence electrons. The van der Waals surface area contributed by atoms with Gasteiger partial charge in [-0.3, -0.25) is 39.2 Å². The van der Waals surface area contributed by atoms with Gasteiger partial charge in [-0.2, -0.15) is 4.31 Å². The third kappa shape index (κ3) is 5.29. The van der Waals surface area contributed by atoms with Gasteiger partial charge in [0.1, 0.15) is 6.04 Å². The highest BCUT2D eigenvalue weighted by molar-refractivity contribution is 7.89. The number of hydrogen-bond acceptors (Lipinski definition) is 10. The van der Waals surface area contributed by atoms with E-state index < -0.39 is 39.7 Å². The second-order valence-corrected chi connectivity index (χ2v) is 14.4. The summed E-state index contributed by atoms with van der Waals surface area (Å²) < 4.78 is 27.7. The zero-order chi connectivity index (χ0) is 31.5. The smallest absolute Gasteiger partial charge is 0.264 e. The van der Waals surface area contributed by atoms with Crippen molar-refractivity contribution in [2.75, 3.05) is 63.0 Å². The molecule has 2 aromatic carbocycles. The van der Waals surface area contributed by atoms with Crippen LogP contribution in [0.3, 0.4) is 0 Å². The van der Waals surface area contributed by atoms with Crippen molar-refractivity contribution in [2.24, 2.45) is 0 Å². The van der Waals surface area contributed by atoms with Gasteiger partial charge in [0, 0.05) is 76.5 Å². The second-order valence-electron chi connectivity index (χ2n) is 12.5. The normalized spacial score (nSPS) is 24.6. The van der Waals surface area contributed by atoms with Gasteiger partial charge in [-0.1, -0.05) is 6.07 Å². The number of amides is 4. The van der Waals surface area contributed by atoms with Crippen molar-refractivity contribution < 1.29 is 27.6 Å². The molecule has 0 saturated carbocycles. The third-order valence-corrected chi connectivity index (χ3v) is 11.9. The van der Waals surface area contributed by atoms with E-state index in [-0.39, 0.29) is 17.7 Å². The fourth-order valence-corrected chi connectivity index (χ4v) is 8.78. The number of likely N-dealkylation sites (tertiary alicyclic amines) is 1. The number of anilines is 2. The summed E-state index contributed by atoms with van der Waals surface area (Å²) >= 11 is 0. The van der Waals surface area contributed by atoms with Crippen molar-refractivity contribution >= 4 is 45.0 Å². The van der Waals surface area contributed by atoms with E-state index in [1.54, 1.807) is 40.7 Å². The molecule has 13 nitrogen and oxygen atoms in total. The molecule has 0 aliphatic carbocycles. The maximum absolute atomic E-state index is 13.5. The van der Waals surface area contributed by atoms with Crippen LogP contribution < -0.4 is 16.0 Å². The molecule has 5 aliphatic heterocycles. The summed E-state index contributed by atoms with van der Waals surface area (Å²) in [7, 11) is -3.53. The number of nitrogens with two attached hydrogens (primary N) is 1. The van der Waals surface area contributed by atoms with Crippen molar-refractivity contribution in [3.63, 3.8) is 0 Å². The average Bonchev–Trinajstić information content (AvgIpc) is 3.27. The Labute approximate surface area is 261 Å². The number of hydrogen-bond donors (Lipinski definition) is 2. The van der Waals surface area contributed by atoms with Crippen LogP contribution in [0.1, 0.15) is 46.4 Å². The molecule has 0 radical (unpaired) electrons. The largest absolute Gasteiger partial charge is 0.399 e. The van der Waals surface area contributed by atoms with Crippen LogP contribution in [0.4, 0.5) is 11.4 Å². The lowest BCUT2D eigenvalue weighted by Crippen LogP contribution is -2.62. The summed E-state index contributed by atoms with van der Waals surface area (Å²) in [6.07, 6.45) is 2.24. The predicted octanol–water partition coefficient (Wildman–Crippen LogP) is 0.330. The minimum Gasteiger partial charge on any atom is -0.399 e. The van der Waals surface area contributed by atoms with Crippen molar-refractivity contribution in [2.45, 2.75) is 48.7 Å². The Bertz CT molecular complexity index is 1640. The summed E-state index contributed by atoms with van der Waals surface area (Å²) in [5.41, 5.74) is 7.60. The SMILES string of the molecule is Nc1ccc(S(=O)(=O)N2CCN(C3CCN(C4CN(c5cccc6c5C(=O)N(C5CCC(=O)NC5=O)C6=O)C4)CC3)CC2)cc1. The predicted molar refractivity (Wildman–Crippen MR) is 165 cm³/mol. The highest BCUT2D eigenvalue weighted by atomic mass is 32.2. The molecular weight excluding hydrogens is 598 g/mol. The number of nitrogen functional groups attached to an aromatic ring is 1. The molecule has 14 heteroatoms. The first kappa shape index (κ1) is 29.8. The maximum Gasteiger partial charge on any atom is 0.264 e. The fraction of sp³-hybridized carbons (Fsp3) is 0.484. The molecule has 4 fully saturated rings. The monoisotopic (exact) mass is 635 g/mol. The molecule has 45 heavy (non-hydrogen) atoms. The molecule has 0 aromatic heterocycles. The van der Waals surface area contributed by atoms with Gasteiger partial charge < -0.3 is 10.6 Å². The van der Waals surface area contributed by atoms with E-state index in [4.69, 9.17) is 5.73 Å². The topological polar surface area (TPSA) is 157 Å². The van der Waals surface area contributed by atoms with Gasteiger partial charge in [0.25, 0.3) is 11.8 Å². The molecule has 1 unspecified atom stereocenters. The maximum atomic E-state index is 13.5. The van der Waals surface area contributed by atoms with E-state index in [2.05, 4.69) is 20.0 Å². The Morgan fingerprint density at radius 3 is 2.09 bits per heavy atom. The third-order valence-electron chi connectivity index (χ3n) is 9.97. The molecule has 1 atom stereocenters. The van der Waals surface area contributed by atoms with Gasteiger partial charge in [-0.05, 0) is 55.7 Å². The zero-order valence-electron chi connectivity index (χ0n) is 24.9. The summed E-state index contributed by atoms with van der Waals surface area (Å²) in [4.78, 5) is 59.1. The Morgan fingerprint density at radius 2 is 1.42 bits per heavy atom. The summed E-state index contributed by atoms with van der Waals surface area (Å²) in [5.74, 6) is -1.98. The van der Waals surface area contributed by atoms with Gasteiger partial charge in [0.2, 0.25) is 21.8 Å². The number of nitrogens with zero attached hydrogens (tertiary/aromatic N) is 5. The highest BCUT2D eigenvalue weighted by Crippen LogP contribution is 2.37. The minimum absolute atomic E-state index is 0.0871. The first-order valence-electron chi connectivity index (χ1n) is 15.5. The average molecular weight is 636 g/mol.